The molecule has 1 aromatic heterocycles. The lowest BCUT2D eigenvalue weighted by atomic mass is 9.89. The molecule has 3 heterocycles. The minimum Gasteiger partial charge on any atom is -0.378 e. The fourth-order valence-corrected chi connectivity index (χ4v) is 2.93. The lowest BCUT2D eigenvalue weighted by molar-refractivity contribution is -0.0894. The van der Waals surface area contributed by atoms with Gasteiger partial charge in [-0.25, -0.2) is 0 Å². The highest BCUT2D eigenvalue weighted by Gasteiger charge is 2.40. The quantitative estimate of drug-likeness (QED) is 0.902. The SMILES string of the molecule is Cc1ccc(CNC2CCOC3(CCOC3)C2)cn1. The van der Waals surface area contributed by atoms with Crippen LogP contribution < -0.4 is 5.32 Å². The van der Waals surface area contributed by atoms with Gasteiger partial charge in [0.05, 0.1) is 12.2 Å². The van der Waals surface area contributed by atoms with E-state index in [4.69, 9.17) is 9.47 Å². The lowest BCUT2D eigenvalue weighted by Crippen LogP contribution is -2.47. The van der Waals surface area contributed by atoms with E-state index in [2.05, 4.69) is 22.4 Å². The van der Waals surface area contributed by atoms with Gasteiger partial charge in [0.2, 0.25) is 0 Å². The summed E-state index contributed by atoms with van der Waals surface area (Å²) in [5, 5.41) is 3.63. The van der Waals surface area contributed by atoms with Crippen LogP contribution in [0.25, 0.3) is 0 Å². The van der Waals surface area contributed by atoms with Crippen LogP contribution in [0, 0.1) is 6.92 Å². The average molecular weight is 262 g/mol. The molecule has 0 aliphatic carbocycles. The Balaban J connectivity index is 1.53. The molecule has 2 unspecified atom stereocenters. The van der Waals surface area contributed by atoms with Gasteiger partial charge < -0.3 is 14.8 Å². The third-order valence-corrected chi connectivity index (χ3v) is 4.13. The van der Waals surface area contributed by atoms with Crippen molar-refractivity contribution >= 4 is 0 Å². The number of hydrogen-bond acceptors (Lipinski definition) is 4. The van der Waals surface area contributed by atoms with Crippen LogP contribution in [0.2, 0.25) is 0 Å². The zero-order valence-electron chi connectivity index (χ0n) is 11.5. The summed E-state index contributed by atoms with van der Waals surface area (Å²) in [7, 11) is 0. The highest BCUT2D eigenvalue weighted by atomic mass is 16.6. The predicted octanol–water partition coefficient (Wildman–Crippen LogP) is 1.82. The fraction of sp³-hybridized carbons (Fsp3) is 0.667. The van der Waals surface area contributed by atoms with Gasteiger partial charge in [0, 0.05) is 44.1 Å². The number of aryl methyl sites for hydroxylation is 1. The normalized spacial score (nSPS) is 30.9. The van der Waals surface area contributed by atoms with Crippen LogP contribution in [0.3, 0.4) is 0 Å². The van der Waals surface area contributed by atoms with E-state index in [9.17, 15) is 0 Å². The number of rotatable bonds is 3. The summed E-state index contributed by atoms with van der Waals surface area (Å²) in [6.45, 7) is 5.34. The Hall–Kier alpha value is -0.970. The minimum atomic E-state index is -0.0125. The van der Waals surface area contributed by atoms with Crippen LogP contribution in [0.15, 0.2) is 18.3 Å². The van der Waals surface area contributed by atoms with Gasteiger partial charge >= 0.3 is 0 Å². The summed E-state index contributed by atoms with van der Waals surface area (Å²) in [4.78, 5) is 4.33. The first-order valence-corrected chi connectivity index (χ1v) is 7.12. The molecular weight excluding hydrogens is 240 g/mol. The van der Waals surface area contributed by atoms with Gasteiger partial charge in [-0.05, 0) is 31.4 Å². The van der Waals surface area contributed by atoms with Gasteiger partial charge in [-0.15, -0.1) is 0 Å². The maximum Gasteiger partial charge on any atom is 0.0951 e. The molecule has 2 atom stereocenters. The molecule has 2 aliphatic heterocycles. The molecule has 0 bridgehead atoms. The molecule has 4 heteroatoms. The lowest BCUT2D eigenvalue weighted by Gasteiger charge is -2.37. The number of nitrogens with zero attached hydrogens (tertiary/aromatic N) is 1. The summed E-state index contributed by atoms with van der Waals surface area (Å²) in [5.41, 5.74) is 2.30. The number of pyridine rings is 1. The van der Waals surface area contributed by atoms with Crippen LogP contribution in [-0.2, 0) is 16.0 Å². The third kappa shape index (κ3) is 3.14. The van der Waals surface area contributed by atoms with Crippen molar-refractivity contribution in [2.45, 2.75) is 44.4 Å². The Morgan fingerprint density at radius 2 is 2.37 bits per heavy atom. The zero-order valence-corrected chi connectivity index (χ0v) is 11.5. The smallest absolute Gasteiger partial charge is 0.0951 e. The molecule has 0 saturated carbocycles. The first-order valence-electron chi connectivity index (χ1n) is 7.12. The van der Waals surface area contributed by atoms with E-state index in [1.165, 1.54) is 5.56 Å². The Labute approximate surface area is 114 Å². The molecule has 19 heavy (non-hydrogen) atoms. The molecule has 3 rings (SSSR count). The molecule has 1 spiro atoms. The second-order valence-electron chi connectivity index (χ2n) is 5.71. The van der Waals surface area contributed by atoms with Gasteiger partial charge in [-0.1, -0.05) is 6.07 Å². The summed E-state index contributed by atoms with van der Waals surface area (Å²) in [5.74, 6) is 0. The molecule has 4 nitrogen and oxygen atoms in total. The van der Waals surface area contributed by atoms with Crippen molar-refractivity contribution in [3.8, 4) is 0 Å². The van der Waals surface area contributed by atoms with Crippen LogP contribution in [-0.4, -0.2) is 36.4 Å². The predicted molar refractivity (Wildman–Crippen MR) is 73.0 cm³/mol. The average Bonchev–Trinajstić information content (AvgIpc) is 2.86. The molecule has 104 valence electrons. The zero-order chi connectivity index (χ0) is 13.1. The molecular formula is C15H22N2O2. The van der Waals surface area contributed by atoms with Gasteiger partial charge in [0.25, 0.3) is 0 Å². The highest BCUT2D eigenvalue weighted by molar-refractivity contribution is 5.13. The molecule has 0 radical (unpaired) electrons. The summed E-state index contributed by atoms with van der Waals surface area (Å²) >= 11 is 0. The summed E-state index contributed by atoms with van der Waals surface area (Å²) in [6, 6.07) is 4.73. The van der Waals surface area contributed by atoms with Crippen molar-refractivity contribution in [1.29, 1.82) is 0 Å². The second-order valence-corrected chi connectivity index (χ2v) is 5.71. The van der Waals surface area contributed by atoms with Crippen molar-refractivity contribution in [1.82, 2.24) is 10.3 Å². The van der Waals surface area contributed by atoms with Gasteiger partial charge in [-0.2, -0.15) is 0 Å². The molecule has 0 amide bonds. The molecule has 2 saturated heterocycles. The van der Waals surface area contributed by atoms with Crippen molar-refractivity contribution in [3.05, 3.63) is 29.6 Å². The van der Waals surface area contributed by atoms with E-state index in [1.54, 1.807) is 0 Å². The van der Waals surface area contributed by atoms with Crippen LogP contribution in [0.4, 0.5) is 0 Å². The highest BCUT2D eigenvalue weighted by Crippen LogP contribution is 2.32. The van der Waals surface area contributed by atoms with Crippen LogP contribution in [0.5, 0.6) is 0 Å². The number of aromatic nitrogens is 1. The standard InChI is InChI=1S/C15H22N2O2/c1-12-2-3-13(9-16-12)10-17-14-4-6-19-15(8-14)5-7-18-11-15/h2-3,9,14,17H,4-8,10-11H2,1H3. The Morgan fingerprint density at radius 3 is 3.11 bits per heavy atom. The van der Waals surface area contributed by atoms with Gasteiger partial charge in [-0.3, -0.25) is 4.98 Å². The molecule has 1 N–H and O–H groups in total. The van der Waals surface area contributed by atoms with Gasteiger partial charge in [0.15, 0.2) is 0 Å². The molecule has 2 aliphatic rings. The number of ether oxygens (including phenoxy) is 2. The third-order valence-electron chi connectivity index (χ3n) is 4.13. The largest absolute Gasteiger partial charge is 0.378 e. The minimum absolute atomic E-state index is 0.0125. The van der Waals surface area contributed by atoms with Crippen molar-refractivity contribution in [2.24, 2.45) is 0 Å². The molecule has 2 fully saturated rings. The molecule has 1 aromatic rings. The van der Waals surface area contributed by atoms with E-state index in [0.29, 0.717) is 6.04 Å². The van der Waals surface area contributed by atoms with Crippen molar-refractivity contribution < 1.29 is 9.47 Å². The molecule has 0 aromatic carbocycles. The van der Waals surface area contributed by atoms with E-state index < -0.39 is 0 Å². The van der Waals surface area contributed by atoms with E-state index in [0.717, 1.165) is 51.3 Å². The Bertz CT molecular complexity index is 413. The first kappa shape index (κ1) is 13.0. The first-order chi connectivity index (χ1) is 9.26. The van der Waals surface area contributed by atoms with Crippen molar-refractivity contribution in [2.75, 3.05) is 19.8 Å². The summed E-state index contributed by atoms with van der Waals surface area (Å²) < 4.78 is 11.4. The maximum absolute atomic E-state index is 5.95. The fourth-order valence-electron chi connectivity index (χ4n) is 2.93. The topological polar surface area (TPSA) is 43.4 Å². The number of nitrogens with one attached hydrogen (secondary N) is 1. The Morgan fingerprint density at radius 1 is 1.42 bits per heavy atom. The van der Waals surface area contributed by atoms with E-state index >= 15 is 0 Å². The van der Waals surface area contributed by atoms with Crippen molar-refractivity contribution in [3.63, 3.8) is 0 Å². The van der Waals surface area contributed by atoms with E-state index in [1.807, 2.05) is 13.1 Å². The number of hydrogen-bond donors (Lipinski definition) is 1. The van der Waals surface area contributed by atoms with Crippen LogP contribution >= 0.6 is 0 Å². The maximum atomic E-state index is 5.95. The monoisotopic (exact) mass is 262 g/mol. The van der Waals surface area contributed by atoms with Gasteiger partial charge in [0.1, 0.15) is 0 Å². The Kier molecular flexibility index (Phi) is 3.82. The van der Waals surface area contributed by atoms with E-state index in [-0.39, 0.29) is 5.60 Å². The van der Waals surface area contributed by atoms with Crippen LogP contribution in [0.1, 0.15) is 30.5 Å². The second kappa shape index (κ2) is 5.57. The summed E-state index contributed by atoms with van der Waals surface area (Å²) in [6.07, 6.45) is 5.14.